The number of para-hydroxylation sites is 1. The molecule has 2 amide bonds. The normalized spacial score (nSPS) is 10.9. The van der Waals surface area contributed by atoms with E-state index in [1.54, 1.807) is 42.5 Å². The lowest BCUT2D eigenvalue weighted by atomic mass is 10.2. The van der Waals surface area contributed by atoms with Crippen molar-refractivity contribution in [2.45, 2.75) is 33.1 Å². The predicted octanol–water partition coefficient (Wildman–Crippen LogP) is 3.48. The molecule has 150 valence electrons. The molecule has 0 saturated heterocycles. The summed E-state index contributed by atoms with van der Waals surface area (Å²) in [5.41, 5.74) is 1.74. The molecule has 3 aromatic rings. The molecule has 0 aliphatic rings. The van der Waals surface area contributed by atoms with Crippen LogP contribution in [0.5, 0.6) is 0 Å². The van der Waals surface area contributed by atoms with Crippen LogP contribution in [0.3, 0.4) is 0 Å². The Hall–Kier alpha value is -3.48. The lowest BCUT2D eigenvalue weighted by Gasteiger charge is -2.10. The summed E-state index contributed by atoms with van der Waals surface area (Å²) in [4.78, 5) is 43.3. The van der Waals surface area contributed by atoms with E-state index in [2.05, 4.69) is 20.6 Å². The Morgan fingerprint density at radius 2 is 1.76 bits per heavy atom. The van der Waals surface area contributed by atoms with Crippen molar-refractivity contribution < 1.29 is 9.59 Å². The van der Waals surface area contributed by atoms with E-state index < -0.39 is 0 Å². The Morgan fingerprint density at radius 3 is 2.52 bits per heavy atom. The molecule has 1 aromatic heterocycles. The minimum Gasteiger partial charge on any atom is -0.326 e. The van der Waals surface area contributed by atoms with E-state index in [0.717, 1.165) is 0 Å². The topological polar surface area (TPSA) is 104 Å². The van der Waals surface area contributed by atoms with Crippen molar-refractivity contribution in [3.63, 3.8) is 0 Å². The monoisotopic (exact) mass is 392 g/mol. The standard InChI is InChI=1S/C22H24N4O3/c1-14(2)21(28)24-16-8-5-7-15(13-16)23-20(27)12-6-11-19-25-18-10-4-3-9-17(18)22(29)26-19/h3-5,7-10,13-14H,6,11-12H2,1-2H3,(H,23,27)(H,24,28)(H,25,26,29). The summed E-state index contributed by atoms with van der Waals surface area (Å²) in [6.07, 6.45) is 1.34. The van der Waals surface area contributed by atoms with Crippen LogP contribution in [-0.2, 0) is 16.0 Å². The highest BCUT2D eigenvalue weighted by Crippen LogP contribution is 2.16. The van der Waals surface area contributed by atoms with Gasteiger partial charge in [-0.1, -0.05) is 32.0 Å². The number of H-pyrrole nitrogens is 1. The molecule has 0 aliphatic carbocycles. The van der Waals surface area contributed by atoms with Gasteiger partial charge in [0.25, 0.3) is 5.56 Å². The van der Waals surface area contributed by atoms with Crippen molar-refractivity contribution in [1.82, 2.24) is 9.97 Å². The average Bonchev–Trinajstić information content (AvgIpc) is 2.68. The maximum atomic E-state index is 12.2. The molecule has 0 atom stereocenters. The molecule has 0 saturated carbocycles. The third-order valence-electron chi connectivity index (χ3n) is 4.42. The van der Waals surface area contributed by atoms with Crippen molar-refractivity contribution in [3.8, 4) is 0 Å². The molecule has 3 N–H and O–H groups in total. The number of anilines is 2. The summed E-state index contributed by atoms with van der Waals surface area (Å²) in [5, 5.41) is 6.19. The number of rotatable bonds is 7. The average molecular weight is 392 g/mol. The van der Waals surface area contributed by atoms with Gasteiger partial charge < -0.3 is 15.6 Å². The van der Waals surface area contributed by atoms with E-state index in [4.69, 9.17) is 0 Å². The summed E-state index contributed by atoms with van der Waals surface area (Å²) in [7, 11) is 0. The first-order valence-electron chi connectivity index (χ1n) is 9.61. The van der Waals surface area contributed by atoms with E-state index in [0.29, 0.717) is 47.4 Å². The molecule has 7 nitrogen and oxygen atoms in total. The number of hydrogen-bond acceptors (Lipinski definition) is 4. The van der Waals surface area contributed by atoms with Crippen LogP contribution in [0.15, 0.2) is 53.3 Å². The minimum atomic E-state index is -0.171. The summed E-state index contributed by atoms with van der Waals surface area (Å²) in [6, 6.07) is 14.2. The number of carbonyl (C=O) groups is 2. The number of fused-ring (bicyclic) bond motifs is 1. The molecule has 7 heteroatoms. The molecular weight excluding hydrogens is 368 g/mol. The summed E-state index contributed by atoms with van der Waals surface area (Å²) >= 11 is 0. The Morgan fingerprint density at radius 1 is 1.03 bits per heavy atom. The van der Waals surface area contributed by atoms with Gasteiger partial charge in [0.2, 0.25) is 11.8 Å². The molecule has 2 aromatic carbocycles. The van der Waals surface area contributed by atoms with Crippen LogP contribution in [0.4, 0.5) is 11.4 Å². The van der Waals surface area contributed by atoms with Gasteiger partial charge in [0, 0.05) is 30.1 Å². The van der Waals surface area contributed by atoms with Crippen LogP contribution in [0, 0.1) is 5.92 Å². The van der Waals surface area contributed by atoms with Crippen molar-refractivity contribution in [3.05, 3.63) is 64.7 Å². The van der Waals surface area contributed by atoms with E-state index in [1.165, 1.54) is 0 Å². The van der Waals surface area contributed by atoms with Gasteiger partial charge in [-0.15, -0.1) is 0 Å². The molecule has 0 radical (unpaired) electrons. The molecular formula is C22H24N4O3. The fourth-order valence-corrected chi connectivity index (χ4v) is 2.85. The van der Waals surface area contributed by atoms with E-state index in [-0.39, 0.29) is 23.3 Å². The Bertz CT molecular complexity index is 1090. The second-order valence-corrected chi connectivity index (χ2v) is 7.16. The zero-order valence-electron chi connectivity index (χ0n) is 16.5. The Kier molecular flexibility index (Phi) is 6.39. The number of nitrogens with zero attached hydrogens (tertiary/aromatic N) is 1. The van der Waals surface area contributed by atoms with Gasteiger partial charge in [-0.25, -0.2) is 4.98 Å². The fraction of sp³-hybridized carbons (Fsp3) is 0.273. The van der Waals surface area contributed by atoms with Gasteiger partial charge in [-0.3, -0.25) is 14.4 Å². The van der Waals surface area contributed by atoms with Crippen LogP contribution >= 0.6 is 0 Å². The van der Waals surface area contributed by atoms with Crippen molar-refractivity contribution >= 4 is 34.1 Å². The maximum Gasteiger partial charge on any atom is 0.258 e. The van der Waals surface area contributed by atoms with E-state index in [9.17, 15) is 14.4 Å². The number of aryl methyl sites for hydroxylation is 1. The first kappa shape index (κ1) is 20.3. The van der Waals surface area contributed by atoms with E-state index in [1.807, 2.05) is 19.9 Å². The van der Waals surface area contributed by atoms with Crippen molar-refractivity contribution in [2.24, 2.45) is 5.92 Å². The lowest BCUT2D eigenvalue weighted by molar-refractivity contribution is -0.119. The third kappa shape index (κ3) is 5.51. The van der Waals surface area contributed by atoms with Crippen LogP contribution < -0.4 is 16.2 Å². The van der Waals surface area contributed by atoms with Crippen LogP contribution in [0.25, 0.3) is 10.9 Å². The number of aromatic amines is 1. The zero-order valence-corrected chi connectivity index (χ0v) is 16.5. The van der Waals surface area contributed by atoms with Crippen molar-refractivity contribution in [1.29, 1.82) is 0 Å². The molecule has 0 unspecified atom stereocenters. The summed E-state index contributed by atoms with van der Waals surface area (Å²) in [6.45, 7) is 3.64. The molecule has 3 rings (SSSR count). The Balaban J connectivity index is 1.54. The van der Waals surface area contributed by atoms with Gasteiger partial charge in [-0.2, -0.15) is 0 Å². The first-order chi connectivity index (χ1) is 13.9. The number of aromatic nitrogens is 2. The first-order valence-corrected chi connectivity index (χ1v) is 9.61. The zero-order chi connectivity index (χ0) is 20.8. The quantitative estimate of drug-likeness (QED) is 0.572. The van der Waals surface area contributed by atoms with Crippen LogP contribution in [0.1, 0.15) is 32.5 Å². The number of benzene rings is 2. The van der Waals surface area contributed by atoms with Gasteiger partial charge in [-0.05, 0) is 36.8 Å². The highest BCUT2D eigenvalue weighted by Gasteiger charge is 2.09. The summed E-state index contributed by atoms with van der Waals surface area (Å²) in [5.74, 6) is 0.231. The predicted molar refractivity (Wildman–Crippen MR) is 114 cm³/mol. The number of hydrogen-bond donors (Lipinski definition) is 3. The smallest absolute Gasteiger partial charge is 0.258 e. The van der Waals surface area contributed by atoms with Gasteiger partial charge in [0.15, 0.2) is 0 Å². The van der Waals surface area contributed by atoms with Gasteiger partial charge in [0.1, 0.15) is 5.82 Å². The molecule has 0 bridgehead atoms. The highest BCUT2D eigenvalue weighted by atomic mass is 16.2. The minimum absolute atomic E-state index is 0.0784. The van der Waals surface area contributed by atoms with Gasteiger partial charge in [0.05, 0.1) is 10.9 Å². The summed E-state index contributed by atoms with van der Waals surface area (Å²) < 4.78 is 0. The lowest BCUT2D eigenvalue weighted by Crippen LogP contribution is -2.18. The number of nitrogens with one attached hydrogen (secondary N) is 3. The molecule has 1 heterocycles. The second kappa shape index (κ2) is 9.14. The van der Waals surface area contributed by atoms with Gasteiger partial charge >= 0.3 is 0 Å². The second-order valence-electron chi connectivity index (χ2n) is 7.16. The largest absolute Gasteiger partial charge is 0.326 e. The third-order valence-corrected chi connectivity index (χ3v) is 4.42. The molecule has 0 aliphatic heterocycles. The van der Waals surface area contributed by atoms with Crippen LogP contribution in [0.2, 0.25) is 0 Å². The number of carbonyl (C=O) groups excluding carboxylic acids is 2. The number of amides is 2. The molecule has 29 heavy (non-hydrogen) atoms. The fourth-order valence-electron chi connectivity index (χ4n) is 2.85. The van der Waals surface area contributed by atoms with Crippen LogP contribution in [-0.4, -0.2) is 21.8 Å². The molecule has 0 fully saturated rings. The Labute approximate surface area is 168 Å². The SMILES string of the molecule is CC(C)C(=O)Nc1cccc(NC(=O)CCCc2nc3ccccc3c(=O)[nH]2)c1. The highest BCUT2D eigenvalue weighted by molar-refractivity contribution is 5.94. The molecule has 0 spiro atoms. The maximum absolute atomic E-state index is 12.2. The van der Waals surface area contributed by atoms with Crippen molar-refractivity contribution in [2.75, 3.05) is 10.6 Å². The van der Waals surface area contributed by atoms with E-state index >= 15 is 0 Å².